The SMILES string of the molecule is CC/C=C\CCCN(C)CC(C)(C)C. The van der Waals surface area contributed by atoms with Gasteiger partial charge in [-0.05, 0) is 38.3 Å². The molecule has 0 N–H and O–H groups in total. The second-order valence-corrected chi connectivity index (χ2v) is 5.32. The van der Waals surface area contributed by atoms with Crippen LogP contribution >= 0.6 is 0 Å². The summed E-state index contributed by atoms with van der Waals surface area (Å²) < 4.78 is 0. The second-order valence-electron chi connectivity index (χ2n) is 5.32. The predicted octanol–water partition coefficient (Wildman–Crippen LogP) is 3.71. The van der Waals surface area contributed by atoms with Gasteiger partial charge in [0.05, 0.1) is 0 Å². The van der Waals surface area contributed by atoms with Gasteiger partial charge in [-0.25, -0.2) is 0 Å². The summed E-state index contributed by atoms with van der Waals surface area (Å²) in [5.74, 6) is 0. The third kappa shape index (κ3) is 9.79. The van der Waals surface area contributed by atoms with Crippen LogP contribution in [-0.4, -0.2) is 25.0 Å². The van der Waals surface area contributed by atoms with E-state index >= 15 is 0 Å². The second kappa shape index (κ2) is 7.05. The summed E-state index contributed by atoms with van der Waals surface area (Å²) in [6.45, 7) is 11.5. The molecule has 0 heterocycles. The Morgan fingerprint density at radius 2 is 1.79 bits per heavy atom. The first kappa shape index (κ1) is 13.7. The molecule has 1 heteroatoms. The van der Waals surface area contributed by atoms with Crippen LogP contribution < -0.4 is 0 Å². The van der Waals surface area contributed by atoms with Crippen molar-refractivity contribution in [3.8, 4) is 0 Å². The highest BCUT2D eigenvalue weighted by Crippen LogP contribution is 2.14. The van der Waals surface area contributed by atoms with Crippen LogP contribution in [0.3, 0.4) is 0 Å². The minimum Gasteiger partial charge on any atom is -0.306 e. The van der Waals surface area contributed by atoms with E-state index in [0.29, 0.717) is 5.41 Å². The molecule has 0 unspecified atom stereocenters. The van der Waals surface area contributed by atoms with Crippen LogP contribution in [0.25, 0.3) is 0 Å². The average molecular weight is 197 g/mol. The van der Waals surface area contributed by atoms with Crippen molar-refractivity contribution in [1.82, 2.24) is 4.90 Å². The van der Waals surface area contributed by atoms with Crippen LogP contribution in [0.1, 0.15) is 47.0 Å². The van der Waals surface area contributed by atoms with Crippen LogP contribution in [0.5, 0.6) is 0 Å². The van der Waals surface area contributed by atoms with Gasteiger partial charge in [-0.15, -0.1) is 0 Å². The Morgan fingerprint density at radius 3 is 2.29 bits per heavy atom. The van der Waals surface area contributed by atoms with Crippen molar-refractivity contribution in [2.75, 3.05) is 20.1 Å². The molecule has 1 nitrogen and oxygen atoms in total. The van der Waals surface area contributed by atoms with Crippen LogP contribution in [0.2, 0.25) is 0 Å². The maximum atomic E-state index is 2.43. The molecule has 0 aliphatic carbocycles. The Balaban J connectivity index is 3.45. The number of allylic oxidation sites excluding steroid dienone is 2. The van der Waals surface area contributed by atoms with Crippen molar-refractivity contribution in [2.24, 2.45) is 5.41 Å². The molecule has 0 radical (unpaired) electrons. The Bertz CT molecular complexity index is 153. The monoisotopic (exact) mass is 197 g/mol. The van der Waals surface area contributed by atoms with Gasteiger partial charge in [0.15, 0.2) is 0 Å². The molecule has 0 aromatic rings. The Labute approximate surface area is 90.2 Å². The maximum absolute atomic E-state index is 2.43. The van der Waals surface area contributed by atoms with E-state index in [4.69, 9.17) is 0 Å². The van der Waals surface area contributed by atoms with Gasteiger partial charge in [0.1, 0.15) is 0 Å². The highest BCUT2D eigenvalue weighted by atomic mass is 15.1. The summed E-state index contributed by atoms with van der Waals surface area (Å²) in [7, 11) is 2.22. The zero-order valence-corrected chi connectivity index (χ0v) is 10.6. The molecule has 0 spiro atoms. The van der Waals surface area contributed by atoms with E-state index in [-0.39, 0.29) is 0 Å². The van der Waals surface area contributed by atoms with E-state index < -0.39 is 0 Å². The first-order valence-electron chi connectivity index (χ1n) is 5.79. The van der Waals surface area contributed by atoms with E-state index in [2.05, 4.69) is 51.8 Å². The van der Waals surface area contributed by atoms with Crippen LogP contribution in [0.4, 0.5) is 0 Å². The van der Waals surface area contributed by atoms with Gasteiger partial charge in [-0.2, -0.15) is 0 Å². The van der Waals surface area contributed by atoms with Crippen molar-refractivity contribution >= 4 is 0 Å². The van der Waals surface area contributed by atoms with Crippen molar-refractivity contribution in [1.29, 1.82) is 0 Å². The third-order valence-corrected chi connectivity index (χ3v) is 2.06. The molecule has 0 saturated heterocycles. The first-order valence-corrected chi connectivity index (χ1v) is 5.79. The summed E-state index contributed by atoms with van der Waals surface area (Å²) in [5.41, 5.74) is 0.425. The fraction of sp³-hybridized carbons (Fsp3) is 0.846. The summed E-state index contributed by atoms with van der Waals surface area (Å²) in [4.78, 5) is 2.43. The van der Waals surface area contributed by atoms with Gasteiger partial charge in [0.25, 0.3) is 0 Å². The zero-order chi connectivity index (χ0) is 11.0. The molecule has 0 atom stereocenters. The van der Waals surface area contributed by atoms with Gasteiger partial charge < -0.3 is 4.90 Å². The summed E-state index contributed by atoms with van der Waals surface area (Å²) in [5, 5.41) is 0. The highest BCUT2D eigenvalue weighted by molar-refractivity contribution is 4.80. The van der Waals surface area contributed by atoms with Crippen LogP contribution in [0, 0.1) is 5.41 Å². The van der Waals surface area contributed by atoms with Gasteiger partial charge in [-0.3, -0.25) is 0 Å². The van der Waals surface area contributed by atoms with Crippen LogP contribution in [-0.2, 0) is 0 Å². The highest BCUT2D eigenvalue weighted by Gasteiger charge is 2.12. The van der Waals surface area contributed by atoms with E-state index in [1.807, 2.05) is 0 Å². The summed E-state index contributed by atoms with van der Waals surface area (Å²) in [6, 6.07) is 0. The molecule has 0 aliphatic heterocycles. The minimum atomic E-state index is 0.425. The summed E-state index contributed by atoms with van der Waals surface area (Å²) in [6.07, 6.45) is 8.22. The van der Waals surface area contributed by atoms with E-state index in [1.54, 1.807) is 0 Å². The van der Waals surface area contributed by atoms with E-state index in [9.17, 15) is 0 Å². The average Bonchev–Trinajstić information content (AvgIpc) is 2.00. The fourth-order valence-electron chi connectivity index (χ4n) is 1.65. The Kier molecular flexibility index (Phi) is 6.90. The number of hydrogen-bond donors (Lipinski definition) is 0. The minimum absolute atomic E-state index is 0.425. The topological polar surface area (TPSA) is 3.24 Å². The number of unbranched alkanes of at least 4 members (excludes halogenated alkanes) is 1. The normalized spacial score (nSPS) is 13.0. The zero-order valence-electron chi connectivity index (χ0n) is 10.6. The Hall–Kier alpha value is -0.300. The lowest BCUT2D eigenvalue weighted by molar-refractivity contribution is 0.225. The Morgan fingerprint density at radius 1 is 1.14 bits per heavy atom. The molecule has 0 bridgehead atoms. The lowest BCUT2D eigenvalue weighted by Gasteiger charge is -2.26. The standard InChI is InChI=1S/C13H27N/c1-6-7-8-9-10-11-14(5)12-13(2,3)4/h7-8H,6,9-12H2,1-5H3/b8-7-. The van der Waals surface area contributed by atoms with Gasteiger partial charge in [-0.1, -0.05) is 39.8 Å². The van der Waals surface area contributed by atoms with Crippen molar-refractivity contribution < 1.29 is 0 Å². The molecule has 14 heavy (non-hydrogen) atoms. The molecule has 0 saturated carbocycles. The number of hydrogen-bond acceptors (Lipinski definition) is 1. The smallest absolute Gasteiger partial charge is 0.00270 e. The molecule has 0 fully saturated rings. The summed E-state index contributed by atoms with van der Waals surface area (Å²) >= 11 is 0. The molecular weight excluding hydrogens is 170 g/mol. The first-order chi connectivity index (χ1) is 6.45. The number of nitrogens with zero attached hydrogens (tertiary/aromatic N) is 1. The van der Waals surface area contributed by atoms with Crippen LogP contribution in [0.15, 0.2) is 12.2 Å². The predicted molar refractivity (Wildman–Crippen MR) is 65.6 cm³/mol. The molecule has 84 valence electrons. The molecule has 0 aliphatic rings. The van der Waals surface area contributed by atoms with E-state index in [1.165, 1.54) is 25.9 Å². The van der Waals surface area contributed by atoms with E-state index in [0.717, 1.165) is 6.42 Å². The largest absolute Gasteiger partial charge is 0.306 e. The molecule has 0 aromatic carbocycles. The lowest BCUT2D eigenvalue weighted by Crippen LogP contribution is -2.29. The van der Waals surface area contributed by atoms with Crippen molar-refractivity contribution in [3.63, 3.8) is 0 Å². The fourth-order valence-corrected chi connectivity index (χ4v) is 1.65. The third-order valence-electron chi connectivity index (χ3n) is 2.06. The lowest BCUT2D eigenvalue weighted by atomic mass is 9.96. The van der Waals surface area contributed by atoms with Crippen molar-refractivity contribution in [2.45, 2.75) is 47.0 Å². The van der Waals surface area contributed by atoms with Gasteiger partial charge >= 0.3 is 0 Å². The molecule has 0 amide bonds. The quantitative estimate of drug-likeness (QED) is 0.463. The molecule has 0 aromatic heterocycles. The van der Waals surface area contributed by atoms with Crippen molar-refractivity contribution in [3.05, 3.63) is 12.2 Å². The molecular formula is C13H27N. The van der Waals surface area contributed by atoms with Gasteiger partial charge in [0.2, 0.25) is 0 Å². The number of rotatable bonds is 6. The molecule has 0 rings (SSSR count). The van der Waals surface area contributed by atoms with Gasteiger partial charge in [0, 0.05) is 6.54 Å². The maximum Gasteiger partial charge on any atom is 0.00270 e.